The fourth-order valence-electron chi connectivity index (χ4n) is 4.14. The van der Waals surface area contributed by atoms with Gasteiger partial charge in [-0.3, -0.25) is 4.90 Å². The van der Waals surface area contributed by atoms with Crippen molar-refractivity contribution in [3.05, 3.63) is 107 Å². The smallest absolute Gasteiger partial charge is 0.258 e. The van der Waals surface area contributed by atoms with Crippen LogP contribution in [0.2, 0.25) is 0 Å². The molecule has 6 heteroatoms. The van der Waals surface area contributed by atoms with Crippen LogP contribution in [0, 0.1) is 13.8 Å². The van der Waals surface area contributed by atoms with Crippen molar-refractivity contribution in [1.29, 1.82) is 0 Å². The van der Waals surface area contributed by atoms with Gasteiger partial charge in [0.15, 0.2) is 5.11 Å². The van der Waals surface area contributed by atoms with Gasteiger partial charge in [0, 0.05) is 16.9 Å². The molecule has 1 aromatic heterocycles. The summed E-state index contributed by atoms with van der Waals surface area (Å²) in [6, 6.07) is 26.2. The van der Waals surface area contributed by atoms with E-state index in [1.165, 1.54) is 11.1 Å². The zero-order valence-corrected chi connectivity index (χ0v) is 19.6. The number of thiocarbonyl (C=S) groups is 1. The first-order chi connectivity index (χ1) is 16.0. The molecule has 0 spiro atoms. The second-order valence-electron chi connectivity index (χ2n) is 8.19. The second kappa shape index (κ2) is 8.64. The van der Waals surface area contributed by atoms with Gasteiger partial charge in [-0.25, -0.2) is 0 Å². The Morgan fingerprint density at radius 3 is 2.27 bits per heavy atom. The molecule has 0 amide bonds. The zero-order chi connectivity index (χ0) is 22.9. The van der Waals surface area contributed by atoms with Gasteiger partial charge in [-0.1, -0.05) is 71.9 Å². The van der Waals surface area contributed by atoms with Crippen LogP contribution >= 0.6 is 12.2 Å². The first-order valence-electron chi connectivity index (χ1n) is 10.9. The van der Waals surface area contributed by atoms with Gasteiger partial charge in [0.2, 0.25) is 5.82 Å². The fourth-order valence-corrected chi connectivity index (χ4v) is 4.50. The Labute approximate surface area is 198 Å². The summed E-state index contributed by atoms with van der Waals surface area (Å²) in [4.78, 5) is 6.80. The van der Waals surface area contributed by atoms with Crippen LogP contribution in [-0.2, 0) is 0 Å². The maximum Gasteiger partial charge on any atom is 0.258 e. The number of nitrogens with zero attached hydrogens (tertiary/aromatic N) is 3. The van der Waals surface area contributed by atoms with Crippen LogP contribution in [0.15, 0.2) is 89.1 Å². The van der Waals surface area contributed by atoms with Crippen LogP contribution in [0.5, 0.6) is 0 Å². The van der Waals surface area contributed by atoms with E-state index in [2.05, 4.69) is 49.4 Å². The molecular weight excluding hydrogens is 428 g/mol. The van der Waals surface area contributed by atoms with E-state index in [1.54, 1.807) is 0 Å². The van der Waals surface area contributed by atoms with Crippen molar-refractivity contribution >= 4 is 28.6 Å². The maximum atomic E-state index is 5.83. The zero-order valence-electron chi connectivity index (χ0n) is 18.7. The molecule has 0 fully saturated rings. The number of anilines is 1. The summed E-state index contributed by atoms with van der Waals surface area (Å²) in [6.45, 7) is 6.28. The molecule has 5 rings (SSSR count). The van der Waals surface area contributed by atoms with Crippen molar-refractivity contribution in [3.63, 3.8) is 0 Å². The number of hydrogen-bond acceptors (Lipinski definition) is 4. The van der Waals surface area contributed by atoms with Crippen molar-refractivity contribution in [1.82, 2.24) is 15.5 Å². The number of aryl methyl sites for hydroxylation is 2. The van der Waals surface area contributed by atoms with E-state index in [4.69, 9.17) is 21.7 Å². The van der Waals surface area contributed by atoms with Crippen LogP contribution < -0.4 is 10.2 Å². The minimum atomic E-state index is -0.208. The lowest BCUT2D eigenvalue weighted by Crippen LogP contribution is -2.46. The number of hydrogen-bond donors (Lipinski definition) is 1. The average Bonchev–Trinajstić information content (AvgIpc) is 3.31. The number of allylic oxidation sites excluding steroid dienone is 1. The van der Waals surface area contributed by atoms with E-state index < -0.39 is 0 Å². The predicted molar refractivity (Wildman–Crippen MR) is 136 cm³/mol. The van der Waals surface area contributed by atoms with Crippen molar-refractivity contribution in [2.75, 3.05) is 4.90 Å². The molecule has 0 radical (unpaired) electrons. The topological polar surface area (TPSA) is 54.2 Å². The van der Waals surface area contributed by atoms with E-state index in [0.29, 0.717) is 16.8 Å². The number of para-hydroxylation sites is 1. The van der Waals surface area contributed by atoms with Crippen LogP contribution in [0.4, 0.5) is 5.69 Å². The van der Waals surface area contributed by atoms with E-state index in [9.17, 15) is 0 Å². The lowest BCUT2D eigenvalue weighted by atomic mass is 9.92. The lowest BCUT2D eigenvalue weighted by molar-refractivity contribution is 0.404. The molecule has 0 saturated heterocycles. The van der Waals surface area contributed by atoms with Crippen LogP contribution in [0.25, 0.3) is 17.0 Å². The molecule has 1 unspecified atom stereocenters. The van der Waals surface area contributed by atoms with Crippen molar-refractivity contribution in [2.24, 2.45) is 0 Å². The normalized spacial score (nSPS) is 16.2. The maximum absolute atomic E-state index is 5.83. The second-order valence-corrected chi connectivity index (χ2v) is 8.57. The molecule has 3 aromatic carbocycles. The van der Waals surface area contributed by atoms with Crippen molar-refractivity contribution in [2.45, 2.75) is 26.8 Å². The number of aromatic nitrogens is 2. The first kappa shape index (κ1) is 21.1. The summed E-state index contributed by atoms with van der Waals surface area (Å²) in [7, 11) is 0. The quantitative estimate of drug-likeness (QED) is 0.371. The number of rotatable bonds is 4. The Morgan fingerprint density at radius 1 is 0.879 bits per heavy atom. The van der Waals surface area contributed by atoms with Gasteiger partial charge in [-0.2, -0.15) is 4.98 Å². The molecule has 5 nitrogen and oxygen atoms in total. The molecule has 1 atom stereocenters. The van der Waals surface area contributed by atoms with Gasteiger partial charge in [-0.05, 0) is 61.8 Å². The standard InChI is InChI=1S/C27H24N4OS/c1-17-14-15-21(16-18(17)2)24-23(26-29-25(30-32-26)20-10-6-4-7-11-20)19(3)31(27(33)28-24)22-12-8-5-9-13-22/h4-16,24H,1-3H3,(H,28,33). The first-order valence-corrected chi connectivity index (χ1v) is 11.3. The monoisotopic (exact) mass is 452 g/mol. The molecular formula is C27H24N4OS. The molecule has 0 saturated carbocycles. The molecule has 0 aliphatic carbocycles. The third-order valence-corrected chi connectivity index (χ3v) is 6.35. The minimum Gasteiger partial charge on any atom is -0.351 e. The molecule has 1 aliphatic heterocycles. The molecule has 0 bridgehead atoms. The molecule has 4 aromatic rings. The largest absolute Gasteiger partial charge is 0.351 e. The van der Waals surface area contributed by atoms with Crippen LogP contribution in [-0.4, -0.2) is 15.3 Å². The number of nitrogens with one attached hydrogen (secondary N) is 1. The average molecular weight is 453 g/mol. The van der Waals surface area contributed by atoms with Crippen LogP contribution in [0.3, 0.4) is 0 Å². The third-order valence-electron chi connectivity index (χ3n) is 6.05. The number of benzene rings is 3. The highest BCUT2D eigenvalue weighted by Crippen LogP contribution is 2.39. The molecule has 33 heavy (non-hydrogen) atoms. The van der Waals surface area contributed by atoms with Crippen LogP contribution in [0.1, 0.15) is 35.5 Å². The van der Waals surface area contributed by atoms with Gasteiger partial charge < -0.3 is 9.84 Å². The van der Waals surface area contributed by atoms with Gasteiger partial charge in [-0.15, -0.1) is 0 Å². The molecule has 164 valence electrons. The predicted octanol–water partition coefficient (Wildman–Crippen LogP) is 6.22. The van der Waals surface area contributed by atoms with Gasteiger partial charge in [0.05, 0.1) is 11.6 Å². The van der Waals surface area contributed by atoms with E-state index >= 15 is 0 Å². The Kier molecular flexibility index (Phi) is 5.52. The summed E-state index contributed by atoms with van der Waals surface area (Å²) in [6.07, 6.45) is 0. The molecule has 2 heterocycles. The fraction of sp³-hybridized carbons (Fsp3) is 0.148. The minimum absolute atomic E-state index is 0.208. The van der Waals surface area contributed by atoms with Crippen molar-refractivity contribution < 1.29 is 4.52 Å². The summed E-state index contributed by atoms with van der Waals surface area (Å²) in [5.74, 6) is 1.04. The summed E-state index contributed by atoms with van der Waals surface area (Å²) in [5, 5.41) is 8.43. The summed E-state index contributed by atoms with van der Waals surface area (Å²) in [5.41, 5.74) is 7.32. The Bertz CT molecular complexity index is 1350. The molecule has 1 N–H and O–H groups in total. The molecule has 1 aliphatic rings. The summed E-state index contributed by atoms with van der Waals surface area (Å²) < 4.78 is 5.83. The highest BCUT2D eigenvalue weighted by atomic mass is 32.1. The highest BCUT2D eigenvalue weighted by molar-refractivity contribution is 7.80. The van der Waals surface area contributed by atoms with Gasteiger partial charge >= 0.3 is 0 Å². The van der Waals surface area contributed by atoms with E-state index in [0.717, 1.165) is 28.1 Å². The Hall–Kier alpha value is -3.77. The summed E-state index contributed by atoms with van der Waals surface area (Å²) >= 11 is 5.82. The van der Waals surface area contributed by atoms with Crippen molar-refractivity contribution in [3.8, 4) is 11.4 Å². The highest BCUT2D eigenvalue weighted by Gasteiger charge is 2.34. The SMILES string of the molecule is CC1=C(c2nc(-c3ccccc3)no2)C(c2ccc(C)c(C)c2)NC(=S)N1c1ccccc1. The Morgan fingerprint density at radius 2 is 1.58 bits per heavy atom. The van der Waals surface area contributed by atoms with Gasteiger partial charge in [0.1, 0.15) is 0 Å². The lowest BCUT2D eigenvalue weighted by Gasteiger charge is -2.37. The van der Waals surface area contributed by atoms with E-state index in [-0.39, 0.29) is 6.04 Å². The Balaban J connectivity index is 1.67. The third kappa shape index (κ3) is 3.94. The van der Waals surface area contributed by atoms with Gasteiger partial charge in [0.25, 0.3) is 5.89 Å². The van der Waals surface area contributed by atoms with E-state index in [1.807, 2.05) is 65.6 Å².